The van der Waals surface area contributed by atoms with Crippen molar-refractivity contribution < 1.29 is 17.6 Å². The third-order valence-corrected chi connectivity index (χ3v) is 2.38. The molecule has 0 fully saturated rings. The molecule has 0 unspecified atom stereocenters. The van der Waals surface area contributed by atoms with Gasteiger partial charge in [-0.25, -0.2) is 0 Å². The summed E-state index contributed by atoms with van der Waals surface area (Å²) in [6.07, 6.45) is -1.84. The van der Waals surface area contributed by atoms with Crippen molar-refractivity contribution in [3.8, 4) is 11.1 Å². The Balaban J connectivity index is 2.54. The van der Waals surface area contributed by atoms with Crippen LogP contribution in [0.3, 0.4) is 0 Å². The van der Waals surface area contributed by atoms with E-state index in [4.69, 9.17) is 16.0 Å². The second-order valence-corrected chi connectivity index (χ2v) is 3.53. The molecule has 0 aliphatic carbocycles. The number of alkyl halides is 3. The maximum Gasteiger partial charge on any atom is 0.416 e. The maximum atomic E-state index is 12.5. The number of halogens is 4. The molecule has 0 aliphatic heterocycles. The first kappa shape index (κ1) is 11.1. The standard InChI is InChI=1S/C11H5ClF3O/c12-10-2-1-8(11(13,14)15)5-9(10)7-3-4-16-6-7/h1-2,4-6H. The van der Waals surface area contributed by atoms with Crippen molar-refractivity contribution in [3.63, 3.8) is 0 Å². The molecule has 0 aliphatic rings. The Labute approximate surface area is 94.4 Å². The average Bonchev–Trinajstić information content (AvgIpc) is 2.69. The van der Waals surface area contributed by atoms with Crippen molar-refractivity contribution in [2.24, 2.45) is 0 Å². The Morgan fingerprint density at radius 1 is 1.25 bits per heavy atom. The molecule has 5 heteroatoms. The molecule has 0 amide bonds. The first-order valence-corrected chi connectivity index (χ1v) is 4.67. The Morgan fingerprint density at radius 3 is 2.56 bits per heavy atom. The van der Waals surface area contributed by atoms with Gasteiger partial charge in [0.25, 0.3) is 0 Å². The molecule has 16 heavy (non-hydrogen) atoms. The Kier molecular flexibility index (Phi) is 2.68. The summed E-state index contributed by atoms with van der Waals surface area (Å²) in [6, 6.07) is 5.78. The van der Waals surface area contributed by atoms with Crippen LogP contribution in [-0.4, -0.2) is 0 Å². The van der Waals surface area contributed by atoms with E-state index in [1.54, 1.807) is 0 Å². The van der Waals surface area contributed by atoms with Crippen LogP contribution >= 0.6 is 11.6 Å². The van der Waals surface area contributed by atoms with E-state index < -0.39 is 11.7 Å². The minimum absolute atomic E-state index is 0.227. The molecule has 2 aromatic rings. The molecule has 0 N–H and O–H groups in total. The molecule has 1 aromatic heterocycles. The summed E-state index contributed by atoms with van der Waals surface area (Å²) in [5.41, 5.74) is -0.0946. The number of furan rings is 1. The molecule has 0 saturated heterocycles. The van der Waals surface area contributed by atoms with E-state index in [1.165, 1.54) is 18.6 Å². The monoisotopic (exact) mass is 245 g/mol. The highest BCUT2D eigenvalue weighted by molar-refractivity contribution is 6.33. The predicted octanol–water partition coefficient (Wildman–Crippen LogP) is 4.42. The largest absolute Gasteiger partial charge is 0.471 e. The summed E-state index contributed by atoms with van der Waals surface area (Å²) in [7, 11) is 0. The highest BCUT2D eigenvalue weighted by atomic mass is 35.5. The molecule has 0 spiro atoms. The zero-order valence-electron chi connectivity index (χ0n) is 7.81. The van der Waals surface area contributed by atoms with Gasteiger partial charge < -0.3 is 4.42 Å². The highest BCUT2D eigenvalue weighted by Crippen LogP contribution is 2.35. The lowest BCUT2D eigenvalue weighted by atomic mass is 10.1. The van der Waals surface area contributed by atoms with Gasteiger partial charge >= 0.3 is 6.18 Å². The van der Waals surface area contributed by atoms with Gasteiger partial charge in [0.1, 0.15) is 0 Å². The van der Waals surface area contributed by atoms with Crippen LogP contribution in [0.15, 0.2) is 35.1 Å². The third kappa shape index (κ3) is 2.07. The fourth-order valence-electron chi connectivity index (χ4n) is 1.28. The first-order valence-electron chi connectivity index (χ1n) is 4.29. The lowest BCUT2D eigenvalue weighted by Gasteiger charge is -2.09. The van der Waals surface area contributed by atoms with Crippen LogP contribution in [0.25, 0.3) is 11.1 Å². The van der Waals surface area contributed by atoms with E-state index in [1.807, 2.05) is 0 Å². The van der Waals surface area contributed by atoms with E-state index in [0.29, 0.717) is 5.56 Å². The second kappa shape index (κ2) is 3.87. The Hall–Kier alpha value is -1.42. The maximum absolute atomic E-state index is 12.5. The van der Waals surface area contributed by atoms with Gasteiger partial charge in [0, 0.05) is 22.2 Å². The number of hydrogen-bond acceptors (Lipinski definition) is 1. The summed E-state index contributed by atoms with van der Waals surface area (Å²) in [5, 5.41) is 0.227. The molecular formula is C11H5ClF3O. The van der Waals surface area contributed by atoms with E-state index in [2.05, 4.69) is 6.07 Å². The van der Waals surface area contributed by atoms with Gasteiger partial charge in [0.05, 0.1) is 18.1 Å². The summed E-state index contributed by atoms with van der Waals surface area (Å²) in [5.74, 6) is 0. The van der Waals surface area contributed by atoms with Crippen LogP contribution in [0.5, 0.6) is 0 Å². The first-order chi connectivity index (χ1) is 7.48. The topological polar surface area (TPSA) is 13.1 Å². The molecule has 1 aromatic carbocycles. The Bertz CT molecular complexity index is 488. The van der Waals surface area contributed by atoms with Crippen molar-refractivity contribution in [1.82, 2.24) is 0 Å². The van der Waals surface area contributed by atoms with Crippen LogP contribution in [0.4, 0.5) is 13.2 Å². The summed E-state index contributed by atoms with van der Waals surface area (Å²) >= 11 is 5.81. The molecule has 0 saturated carbocycles. The van der Waals surface area contributed by atoms with Crippen LogP contribution in [0.2, 0.25) is 5.02 Å². The number of hydrogen-bond donors (Lipinski definition) is 0. The predicted molar refractivity (Wildman–Crippen MR) is 53.0 cm³/mol. The van der Waals surface area contributed by atoms with Crippen molar-refractivity contribution in [1.29, 1.82) is 0 Å². The molecule has 1 heterocycles. The van der Waals surface area contributed by atoms with Gasteiger partial charge in [-0.15, -0.1) is 0 Å². The van der Waals surface area contributed by atoms with Crippen LogP contribution in [-0.2, 0) is 6.18 Å². The summed E-state index contributed by atoms with van der Waals surface area (Å²) in [4.78, 5) is 0. The lowest BCUT2D eigenvalue weighted by Crippen LogP contribution is -2.04. The minimum atomic E-state index is -4.39. The zero-order chi connectivity index (χ0) is 11.8. The van der Waals surface area contributed by atoms with Gasteiger partial charge in [-0.05, 0) is 18.2 Å². The third-order valence-electron chi connectivity index (χ3n) is 2.05. The average molecular weight is 246 g/mol. The van der Waals surface area contributed by atoms with E-state index in [0.717, 1.165) is 12.1 Å². The van der Waals surface area contributed by atoms with Gasteiger partial charge in [-0.3, -0.25) is 0 Å². The van der Waals surface area contributed by atoms with Gasteiger partial charge in [0.15, 0.2) is 0 Å². The lowest BCUT2D eigenvalue weighted by molar-refractivity contribution is -0.137. The van der Waals surface area contributed by atoms with Gasteiger partial charge in [-0.2, -0.15) is 13.2 Å². The van der Waals surface area contributed by atoms with Crippen LogP contribution < -0.4 is 0 Å². The molecule has 83 valence electrons. The van der Waals surface area contributed by atoms with Gasteiger partial charge in [0.2, 0.25) is 0 Å². The fraction of sp³-hybridized carbons (Fsp3) is 0.0909. The zero-order valence-corrected chi connectivity index (χ0v) is 8.56. The summed E-state index contributed by atoms with van der Waals surface area (Å²) in [6.45, 7) is 0. The number of rotatable bonds is 1. The quantitative estimate of drug-likeness (QED) is 0.725. The van der Waals surface area contributed by atoms with Crippen LogP contribution in [0, 0.1) is 6.07 Å². The normalized spacial score (nSPS) is 11.8. The van der Waals surface area contributed by atoms with Crippen molar-refractivity contribution in [3.05, 3.63) is 47.4 Å². The van der Waals surface area contributed by atoms with Gasteiger partial charge in [-0.1, -0.05) is 11.6 Å². The molecule has 0 bridgehead atoms. The molecule has 1 radical (unpaired) electrons. The molecule has 2 rings (SSSR count). The van der Waals surface area contributed by atoms with Crippen molar-refractivity contribution in [2.75, 3.05) is 0 Å². The SMILES string of the molecule is FC(F)(F)c1ccc(Cl)c(-c2[c]coc2)c1. The van der Waals surface area contributed by atoms with E-state index in [-0.39, 0.29) is 10.6 Å². The molecular weight excluding hydrogens is 241 g/mol. The van der Waals surface area contributed by atoms with E-state index in [9.17, 15) is 13.2 Å². The molecule has 0 atom stereocenters. The van der Waals surface area contributed by atoms with E-state index >= 15 is 0 Å². The minimum Gasteiger partial charge on any atom is -0.471 e. The second-order valence-electron chi connectivity index (χ2n) is 3.12. The molecule has 1 nitrogen and oxygen atoms in total. The van der Waals surface area contributed by atoms with Crippen molar-refractivity contribution >= 4 is 11.6 Å². The summed E-state index contributed by atoms with van der Waals surface area (Å²) < 4.78 is 42.1. The van der Waals surface area contributed by atoms with Crippen LogP contribution in [0.1, 0.15) is 5.56 Å². The Morgan fingerprint density at radius 2 is 2.00 bits per heavy atom. The highest BCUT2D eigenvalue weighted by Gasteiger charge is 2.31. The smallest absolute Gasteiger partial charge is 0.416 e. The number of benzene rings is 1. The fourth-order valence-corrected chi connectivity index (χ4v) is 1.50. The van der Waals surface area contributed by atoms with Crippen molar-refractivity contribution in [2.45, 2.75) is 6.18 Å².